The molecular weight excluding hydrogens is 1090 g/mol. The number of hydrogen-bond acceptors (Lipinski definition) is 17. The van der Waals surface area contributed by atoms with E-state index in [1.54, 1.807) is 20.8 Å². The Bertz CT molecular complexity index is 2110. The lowest BCUT2D eigenvalue weighted by atomic mass is 9.97. The predicted molar refractivity (Wildman–Crippen MR) is 318 cm³/mol. The molecule has 0 aromatic rings. The molecule has 0 heterocycles. The number of nitrogens with two attached hydrogens (primary N) is 8. The number of aliphatic hydroxyl groups is 1. The normalized spacial score (nSPS) is 14.7. The highest BCUT2D eigenvalue weighted by atomic mass is 16.4. The van der Waals surface area contributed by atoms with E-state index in [0.29, 0.717) is 51.5 Å². The van der Waals surface area contributed by atoms with Crippen molar-refractivity contribution in [3.63, 3.8) is 0 Å². The molecule has 84 heavy (non-hydrogen) atoms. The number of carboxylic acids is 1. The lowest BCUT2D eigenvalue weighted by molar-refractivity contribution is -0.142. The Morgan fingerprint density at radius 2 is 0.750 bits per heavy atom. The summed E-state index contributed by atoms with van der Waals surface area (Å²) >= 11 is 0. The number of nitrogens with one attached hydrogen (secondary N) is 9. The SMILES string of the molecule is CC[C@H](C)[C@H](N)C(=O)N[C@@H](CC(C)C)C(=O)N[C@@H](CO)C(=O)N[C@@H](CCCCN)C(=O)N[C@@H](CCCN=C(N)N)C(=O)N[C@@H](CC(C)C)C(=O)N[C@@H](CCCN=C(N)N)C(=O)N[C@@H](CCCCN)C(=O)NCC(=O)N[C@@H](CCCCN)C(=O)O. The van der Waals surface area contributed by atoms with Gasteiger partial charge in [0.15, 0.2) is 11.9 Å². The van der Waals surface area contributed by atoms with Crippen molar-refractivity contribution in [3.8, 4) is 0 Å². The number of nitrogens with zero attached hydrogens (tertiary/aromatic N) is 2. The van der Waals surface area contributed by atoms with Crippen molar-refractivity contribution >= 4 is 71.1 Å². The van der Waals surface area contributed by atoms with Crippen LogP contribution in [0, 0.1) is 17.8 Å². The summed E-state index contributed by atoms with van der Waals surface area (Å²) in [5.74, 6) is -9.56. The van der Waals surface area contributed by atoms with Crippen molar-refractivity contribution in [2.75, 3.05) is 45.9 Å². The first-order valence-electron chi connectivity index (χ1n) is 29.2. The Balaban J connectivity index is 6.94. The lowest BCUT2D eigenvalue weighted by Crippen LogP contribution is -2.61. The molecular formula is C53H103N19O12. The summed E-state index contributed by atoms with van der Waals surface area (Å²) < 4.78 is 0. The van der Waals surface area contributed by atoms with Gasteiger partial charge >= 0.3 is 5.97 Å². The molecule has 9 amide bonds. The topological polar surface area (TPSA) is 552 Å². The molecule has 0 rings (SSSR count). The summed E-state index contributed by atoms with van der Waals surface area (Å²) in [5, 5.41) is 43.2. The number of carbonyl (C=O) groups is 10. The van der Waals surface area contributed by atoms with E-state index in [2.05, 4.69) is 57.8 Å². The second-order valence-corrected chi connectivity index (χ2v) is 21.7. The molecule has 0 radical (unpaired) electrons. The van der Waals surface area contributed by atoms with Gasteiger partial charge in [-0.05, 0) is 134 Å². The lowest BCUT2D eigenvalue weighted by Gasteiger charge is -2.28. The molecule has 10 atom stereocenters. The van der Waals surface area contributed by atoms with Crippen LogP contribution in [0.4, 0.5) is 0 Å². The van der Waals surface area contributed by atoms with Gasteiger partial charge in [0.2, 0.25) is 53.2 Å². The number of carboxylic acid groups (broad SMARTS) is 1. The summed E-state index contributed by atoms with van der Waals surface area (Å²) in [5.41, 5.74) is 45.3. The third kappa shape index (κ3) is 33.4. The summed E-state index contributed by atoms with van der Waals surface area (Å²) in [7, 11) is 0. The molecule has 0 aliphatic rings. The van der Waals surface area contributed by atoms with E-state index in [1.165, 1.54) is 0 Å². The molecule has 0 unspecified atom stereocenters. The first-order valence-corrected chi connectivity index (χ1v) is 29.2. The highest BCUT2D eigenvalue weighted by Gasteiger charge is 2.35. The van der Waals surface area contributed by atoms with Gasteiger partial charge in [0.25, 0.3) is 0 Å². The van der Waals surface area contributed by atoms with Crippen LogP contribution in [0.3, 0.4) is 0 Å². The zero-order chi connectivity index (χ0) is 63.9. The Morgan fingerprint density at radius 3 is 1.10 bits per heavy atom. The van der Waals surface area contributed by atoms with Crippen molar-refractivity contribution < 1.29 is 58.2 Å². The van der Waals surface area contributed by atoms with Crippen LogP contribution in [0.25, 0.3) is 0 Å². The third-order valence-corrected chi connectivity index (χ3v) is 13.4. The Hall–Kier alpha value is -6.96. The van der Waals surface area contributed by atoms with Gasteiger partial charge in [-0.3, -0.25) is 53.1 Å². The zero-order valence-electron chi connectivity index (χ0n) is 50.2. The molecule has 482 valence electrons. The molecule has 0 fully saturated rings. The number of guanidine groups is 2. The number of rotatable bonds is 46. The van der Waals surface area contributed by atoms with Gasteiger partial charge in [0.1, 0.15) is 48.3 Å². The average molecular weight is 1200 g/mol. The molecule has 31 nitrogen and oxygen atoms in total. The number of carbonyl (C=O) groups excluding carboxylic acids is 9. The molecule has 27 N–H and O–H groups in total. The van der Waals surface area contributed by atoms with Crippen LogP contribution < -0.4 is 93.7 Å². The van der Waals surface area contributed by atoms with E-state index in [-0.39, 0.29) is 114 Å². The molecule has 0 saturated heterocycles. The van der Waals surface area contributed by atoms with Crippen LogP contribution >= 0.6 is 0 Å². The fourth-order valence-corrected chi connectivity index (χ4v) is 8.37. The average Bonchev–Trinajstić information content (AvgIpc) is 3.63. The zero-order valence-corrected chi connectivity index (χ0v) is 50.2. The minimum absolute atomic E-state index is 0.00886. The molecule has 0 saturated carbocycles. The van der Waals surface area contributed by atoms with Gasteiger partial charge in [-0.25, -0.2) is 4.79 Å². The Kier molecular flexibility index (Phi) is 40.0. The van der Waals surface area contributed by atoms with E-state index < -0.39 is 127 Å². The van der Waals surface area contributed by atoms with Crippen LogP contribution in [0.5, 0.6) is 0 Å². The molecule has 0 aromatic carbocycles. The van der Waals surface area contributed by atoms with Crippen molar-refractivity contribution in [1.29, 1.82) is 0 Å². The summed E-state index contributed by atoms with van der Waals surface area (Å²) in [6.07, 6.45) is 3.51. The summed E-state index contributed by atoms with van der Waals surface area (Å²) in [6.45, 7) is 10.2. The predicted octanol–water partition coefficient (Wildman–Crippen LogP) is -4.98. The Labute approximate surface area is 493 Å². The number of unbranched alkanes of at least 4 members (excludes halogenated alkanes) is 3. The number of aliphatic carboxylic acids is 1. The van der Waals surface area contributed by atoms with Crippen LogP contribution in [0.2, 0.25) is 0 Å². The summed E-state index contributed by atoms with van der Waals surface area (Å²) in [6, 6.07) is -11.6. The van der Waals surface area contributed by atoms with E-state index in [1.807, 2.05) is 20.8 Å². The molecule has 0 aliphatic carbocycles. The molecule has 31 heteroatoms. The first kappa shape index (κ1) is 77.0. The monoisotopic (exact) mass is 1200 g/mol. The third-order valence-electron chi connectivity index (χ3n) is 13.4. The quantitative estimate of drug-likeness (QED) is 0.0154. The molecule has 0 spiro atoms. The van der Waals surface area contributed by atoms with Crippen LogP contribution in [0.15, 0.2) is 9.98 Å². The summed E-state index contributed by atoms with van der Waals surface area (Å²) in [4.78, 5) is 144. The fourth-order valence-electron chi connectivity index (χ4n) is 8.37. The maximum atomic E-state index is 14.5. The van der Waals surface area contributed by atoms with Gasteiger partial charge < -0.3 is 104 Å². The highest BCUT2D eigenvalue weighted by Crippen LogP contribution is 2.13. The van der Waals surface area contributed by atoms with Crippen LogP contribution in [-0.2, 0) is 47.9 Å². The minimum Gasteiger partial charge on any atom is -0.480 e. The van der Waals surface area contributed by atoms with Crippen LogP contribution in [0.1, 0.15) is 144 Å². The number of aliphatic imine (C=N–C) groups is 2. The Morgan fingerprint density at radius 1 is 0.429 bits per heavy atom. The number of hydrogen-bond donors (Lipinski definition) is 19. The maximum Gasteiger partial charge on any atom is 0.326 e. The van der Waals surface area contributed by atoms with E-state index in [4.69, 9.17) is 45.9 Å². The molecule has 0 aliphatic heterocycles. The van der Waals surface area contributed by atoms with Gasteiger partial charge in [0.05, 0.1) is 19.2 Å². The van der Waals surface area contributed by atoms with Crippen molar-refractivity contribution in [2.24, 2.45) is 73.6 Å². The van der Waals surface area contributed by atoms with Crippen molar-refractivity contribution in [2.45, 2.75) is 199 Å². The van der Waals surface area contributed by atoms with E-state index in [9.17, 15) is 58.2 Å². The standard InChI is InChI=1S/C53H103N19O12/c1-7-32(6)42(57)50(82)71-39(27-31(4)5)48(80)72-40(29-73)49(81)69-34(17-9-12-22-55)44(76)67-36(20-15-25-63-53(60)61)46(78)70-38(26-30(2)3)47(79)68-35(19-14-24-62-52(58)59)45(77)66-33(16-8-11-21-54)43(75)64-28-41(74)65-37(51(83)84)18-10-13-23-56/h30-40,42,73H,7-29,54-57H2,1-6H3,(H,64,75)(H,65,74)(H,66,77)(H,67,76)(H,68,79)(H,69,81)(H,70,78)(H,71,82)(H,72,80)(H,83,84)(H4,58,59,62)(H4,60,61,63)/t32-,33-,34-,35-,36-,37-,38-,39-,40-,42-/m0/s1. The molecule has 0 aromatic heterocycles. The smallest absolute Gasteiger partial charge is 0.326 e. The van der Waals surface area contributed by atoms with Crippen molar-refractivity contribution in [1.82, 2.24) is 47.9 Å². The van der Waals surface area contributed by atoms with Gasteiger partial charge in [0, 0.05) is 13.1 Å². The fraction of sp³-hybridized carbons (Fsp3) is 0.774. The van der Waals surface area contributed by atoms with Gasteiger partial charge in [-0.1, -0.05) is 48.0 Å². The van der Waals surface area contributed by atoms with Gasteiger partial charge in [-0.2, -0.15) is 0 Å². The second kappa shape index (κ2) is 43.7. The largest absolute Gasteiger partial charge is 0.480 e. The van der Waals surface area contributed by atoms with E-state index >= 15 is 0 Å². The maximum absolute atomic E-state index is 14.5. The number of aliphatic hydroxyl groups excluding tert-OH is 1. The highest BCUT2D eigenvalue weighted by molar-refractivity contribution is 5.98. The second-order valence-electron chi connectivity index (χ2n) is 21.7. The van der Waals surface area contributed by atoms with Crippen LogP contribution in [-0.4, -0.2) is 182 Å². The van der Waals surface area contributed by atoms with Gasteiger partial charge in [-0.15, -0.1) is 0 Å². The first-order chi connectivity index (χ1) is 39.6. The molecule has 0 bridgehead atoms. The number of amides is 9. The van der Waals surface area contributed by atoms with Crippen molar-refractivity contribution in [3.05, 3.63) is 0 Å². The van der Waals surface area contributed by atoms with E-state index in [0.717, 1.165) is 0 Å². The minimum atomic E-state index is -1.60.